The second-order valence-electron chi connectivity index (χ2n) is 9.58. The van der Waals surface area contributed by atoms with Gasteiger partial charge in [0, 0.05) is 31.6 Å². The highest BCUT2D eigenvalue weighted by atomic mass is 19.4. The Bertz CT molecular complexity index is 976. The quantitative estimate of drug-likeness (QED) is 0.646. The summed E-state index contributed by atoms with van der Waals surface area (Å²) in [4.78, 5) is 14.9. The highest BCUT2D eigenvalue weighted by Gasteiger charge is 2.35. The molecule has 1 aliphatic carbocycles. The van der Waals surface area contributed by atoms with Gasteiger partial charge in [-0.3, -0.25) is 14.4 Å². The number of fused-ring (bicyclic) bond motifs is 1. The molecule has 10 heteroatoms. The van der Waals surface area contributed by atoms with Crippen LogP contribution in [0.4, 0.5) is 19.0 Å². The number of aromatic nitrogens is 2. The van der Waals surface area contributed by atoms with Crippen LogP contribution >= 0.6 is 0 Å². The van der Waals surface area contributed by atoms with E-state index in [1.165, 1.54) is 43.9 Å². The number of nitrogens with zero attached hydrogens (tertiary/aromatic N) is 3. The molecule has 2 heterocycles. The van der Waals surface area contributed by atoms with Gasteiger partial charge in [0.05, 0.1) is 18.1 Å². The minimum atomic E-state index is -4.77. The number of amides is 1. The number of alkyl halides is 3. The van der Waals surface area contributed by atoms with E-state index in [4.69, 9.17) is 0 Å². The first-order valence-electron chi connectivity index (χ1n) is 11.6. The normalized spacial score (nSPS) is 22.4. The highest BCUT2D eigenvalue weighted by molar-refractivity contribution is 5.93. The lowest BCUT2D eigenvalue weighted by Crippen LogP contribution is -2.63. The third-order valence-electron chi connectivity index (χ3n) is 6.95. The second-order valence-corrected chi connectivity index (χ2v) is 9.58. The first-order chi connectivity index (χ1) is 15.6. The summed E-state index contributed by atoms with van der Waals surface area (Å²) in [5.41, 5.74) is 0.634. The lowest BCUT2D eigenvalue weighted by Gasteiger charge is -2.47. The molecule has 2 N–H and O–H groups in total. The van der Waals surface area contributed by atoms with Gasteiger partial charge in [0.15, 0.2) is 5.82 Å². The Morgan fingerprint density at radius 2 is 1.91 bits per heavy atom. The van der Waals surface area contributed by atoms with Crippen LogP contribution in [0.3, 0.4) is 0 Å². The van der Waals surface area contributed by atoms with E-state index < -0.39 is 6.36 Å². The van der Waals surface area contributed by atoms with Gasteiger partial charge in [-0.25, -0.2) is 0 Å². The molecular formula is C23H32F3N5O2. The molecule has 2 aromatic rings. The highest BCUT2D eigenvalue weighted by Crippen LogP contribution is 2.34. The van der Waals surface area contributed by atoms with E-state index in [0.29, 0.717) is 22.8 Å². The number of nitrogens with one attached hydrogen (secondary N) is 2. The number of hydrogen-bond donors (Lipinski definition) is 2. The lowest BCUT2D eigenvalue weighted by atomic mass is 9.78. The summed E-state index contributed by atoms with van der Waals surface area (Å²) < 4.78 is 43.2. The standard InChI is InChI=1S/C23H32F3N5O2/c1-14(2)15-4-6-17(7-5-15)31-12-16(13-31)28-21(32)11-27-22-19-10-18(33-23(24,25)26)8-9-20(19)30(3)29-22/h8-10,14-17H,4-7,11-13H2,1-3H3,(H,27,29)(H,28,32)/t15-,17+. The number of hydrogen-bond acceptors (Lipinski definition) is 5. The van der Waals surface area contributed by atoms with Gasteiger partial charge < -0.3 is 15.4 Å². The van der Waals surface area contributed by atoms with E-state index in [-0.39, 0.29) is 24.2 Å². The average Bonchev–Trinajstić information content (AvgIpc) is 3.02. The Hall–Kier alpha value is -2.49. The molecule has 2 aliphatic rings. The number of aryl methyl sites for hydroxylation is 1. The molecule has 1 saturated heterocycles. The zero-order valence-corrected chi connectivity index (χ0v) is 19.3. The van der Waals surface area contributed by atoms with Gasteiger partial charge >= 0.3 is 6.36 Å². The van der Waals surface area contributed by atoms with E-state index in [9.17, 15) is 18.0 Å². The lowest BCUT2D eigenvalue weighted by molar-refractivity contribution is -0.274. The molecule has 33 heavy (non-hydrogen) atoms. The van der Waals surface area contributed by atoms with Crippen LogP contribution in [-0.4, -0.2) is 58.7 Å². The summed E-state index contributed by atoms with van der Waals surface area (Å²) in [6.45, 7) is 6.34. The van der Waals surface area contributed by atoms with Crippen LogP contribution in [0.15, 0.2) is 18.2 Å². The third kappa shape index (κ3) is 5.72. The average molecular weight is 468 g/mol. The van der Waals surface area contributed by atoms with Crippen molar-refractivity contribution >= 4 is 22.6 Å². The summed E-state index contributed by atoms with van der Waals surface area (Å²) in [7, 11) is 1.69. The fraction of sp³-hybridized carbons (Fsp3) is 0.652. The van der Waals surface area contributed by atoms with E-state index in [2.05, 4.69) is 39.2 Å². The molecule has 1 aromatic carbocycles. The van der Waals surface area contributed by atoms with E-state index in [1.807, 2.05) is 0 Å². The summed E-state index contributed by atoms with van der Waals surface area (Å²) in [5, 5.41) is 10.7. The first kappa shape index (κ1) is 23.7. The number of benzene rings is 1. The van der Waals surface area contributed by atoms with Gasteiger partial charge in [-0.2, -0.15) is 5.10 Å². The molecular weight excluding hydrogens is 435 g/mol. The number of anilines is 1. The van der Waals surface area contributed by atoms with Crippen LogP contribution in [0.25, 0.3) is 10.9 Å². The van der Waals surface area contributed by atoms with Crippen molar-refractivity contribution in [2.75, 3.05) is 25.0 Å². The van der Waals surface area contributed by atoms with Gasteiger partial charge in [-0.1, -0.05) is 13.8 Å². The van der Waals surface area contributed by atoms with Crippen molar-refractivity contribution in [1.82, 2.24) is 20.0 Å². The Kier molecular flexibility index (Phi) is 6.74. The van der Waals surface area contributed by atoms with Crippen LogP contribution in [0.2, 0.25) is 0 Å². The Balaban J connectivity index is 1.25. The zero-order chi connectivity index (χ0) is 23.8. The Labute approximate surface area is 191 Å². The van der Waals surface area contributed by atoms with Crippen LogP contribution in [0.1, 0.15) is 39.5 Å². The number of ether oxygens (including phenoxy) is 1. The molecule has 0 radical (unpaired) electrons. The van der Waals surface area contributed by atoms with Crippen molar-refractivity contribution in [2.24, 2.45) is 18.9 Å². The largest absolute Gasteiger partial charge is 0.573 e. The van der Waals surface area contributed by atoms with E-state index in [0.717, 1.165) is 24.9 Å². The van der Waals surface area contributed by atoms with Gasteiger partial charge in [0.25, 0.3) is 0 Å². The van der Waals surface area contributed by atoms with Crippen molar-refractivity contribution in [3.63, 3.8) is 0 Å². The summed E-state index contributed by atoms with van der Waals surface area (Å²) >= 11 is 0. The van der Waals surface area contributed by atoms with Crippen molar-refractivity contribution in [3.8, 4) is 5.75 Å². The summed E-state index contributed by atoms with van der Waals surface area (Å²) in [6.07, 6.45) is 0.268. The van der Waals surface area contributed by atoms with E-state index >= 15 is 0 Å². The first-order valence-corrected chi connectivity index (χ1v) is 11.6. The summed E-state index contributed by atoms with van der Waals surface area (Å²) in [5.74, 6) is 1.44. The predicted molar refractivity (Wildman–Crippen MR) is 120 cm³/mol. The molecule has 182 valence electrons. The van der Waals surface area contributed by atoms with Gasteiger partial charge in [0.2, 0.25) is 5.91 Å². The number of carbonyl (C=O) groups is 1. The van der Waals surface area contributed by atoms with Crippen LogP contribution < -0.4 is 15.4 Å². The van der Waals surface area contributed by atoms with Crippen molar-refractivity contribution < 1.29 is 22.7 Å². The molecule has 1 saturated carbocycles. The number of rotatable bonds is 7. The molecule has 1 amide bonds. The topological polar surface area (TPSA) is 71.4 Å². The van der Waals surface area contributed by atoms with Crippen LogP contribution in [0.5, 0.6) is 5.75 Å². The van der Waals surface area contributed by atoms with E-state index in [1.54, 1.807) is 11.7 Å². The molecule has 0 atom stereocenters. The number of halogens is 3. The van der Waals surface area contributed by atoms with Crippen molar-refractivity contribution in [1.29, 1.82) is 0 Å². The number of carbonyl (C=O) groups excluding carboxylic acids is 1. The fourth-order valence-electron chi connectivity index (χ4n) is 5.05. The molecule has 0 spiro atoms. The SMILES string of the molecule is CC(C)[C@H]1CC[C@@H](N2CC(NC(=O)CNc3nn(C)c4ccc(OC(F)(F)F)cc34)C2)CC1. The molecule has 0 bridgehead atoms. The second kappa shape index (κ2) is 9.40. The van der Waals surface area contributed by atoms with Crippen LogP contribution in [0, 0.1) is 11.8 Å². The maximum Gasteiger partial charge on any atom is 0.573 e. The Morgan fingerprint density at radius 3 is 2.55 bits per heavy atom. The van der Waals surface area contributed by atoms with Crippen LogP contribution in [-0.2, 0) is 11.8 Å². The minimum Gasteiger partial charge on any atom is -0.406 e. The molecule has 1 aromatic heterocycles. The van der Waals surface area contributed by atoms with Crippen molar-refractivity contribution in [2.45, 2.75) is 58.0 Å². The molecule has 2 fully saturated rings. The molecule has 1 aliphatic heterocycles. The monoisotopic (exact) mass is 467 g/mol. The van der Waals surface area contributed by atoms with Gasteiger partial charge in [0.1, 0.15) is 5.75 Å². The number of likely N-dealkylation sites (tertiary alicyclic amines) is 1. The predicted octanol–water partition coefficient (Wildman–Crippen LogP) is 3.90. The zero-order valence-electron chi connectivity index (χ0n) is 19.3. The van der Waals surface area contributed by atoms with Gasteiger partial charge in [-0.15, -0.1) is 13.2 Å². The smallest absolute Gasteiger partial charge is 0.406 e. The van der Waals surface area contributed by atoms with Gasteiger partial charge in [-0.05, 0) is 55.7 Å². The summed E-state index contributed by atoms with van der Waals surface area (Å²) in [6, 6.07) is 4.78. The third-order valence-corrected chi connectivity index (χ3v) is 6.95. The molecule has 7 nitrogen and oxygen atoms in total. The minimum absolute atomic E-state index is 0.00747. The maximum atomic E-state index is 12.5. The molecule has 0 unspecified atom stereocenters. The van der Waals surface area contributed by atoms with Crippen molar-refractivity contribution in [3.05, 3.63) is 18.2 Å². The molecule has 4 rings (SSSR count). The fourth-order valence-corrected chi connectivity index (χ4v) is 5.05. The maximum absolute atomic E-state index is 12.5. The Morgan fingerprint density at radius 1 is 1.21 bits per heavy atom.